The number of pyridine rings is 1. The Morgan fingerprint density at radius 1 is 1.10 bits per heavy atom. The number of aromatic nitrogens is 1. The highest BCUT2D eigenvalue weighted by Crippen LogP contribution is 2.33. The third-order valence-corrected chi connectivity index (χ3v) is 5.03. The van der Waals surface area contributed by atoms with Gasteiger partial charge in [-0.1, -0.05) is 19.4 Å². The van der Waals surface area contributed by atoms with Crippen LogP contribution in [0.15, 0.2) is 12.1 Å². The zero-order valence-corrected chi connectivity index (χ0v) is 13.6. The van der Waals surface area contributed by atoms with Crippen LogP contribution in [0.25, 0.3) is 0 Å². The maximum atomic E-state index is 4.92. The van der Waals surface area contributed by atoms with Crippen LogP contribution in [0, 0.1) is 6.92 Å². The summed E-state index contributed by atoms with van der Waals surface area (Å²) in [5, 5.41) is 0. The van der Waals surface area contributed by atoms with Crippen LogP contribution in [-0.4, -0.2) is 36.1 Å². The van der Waals surface area contributed by atoms with E-state index in [4.69, 9.17) is 4.98 Å². The molecule has 1 aromatic heterocycles. The lowest BCUT2D eigenvalue weighted by atomic mass is 9.94. The maximum Gasteiger partial charge on any atom is 0.128 e. The Hall–Kier alpha value is -1.09. The minimum absolute atomic E-state index is 0.596. The maximum absolute atomic E-state index is 4.92. The highest BCUT2D eigenvalue weighted by Gasteiger charge is 2.25. The Morgan fingerprint density at radius 2 is 1.86 bits per heavy atom. The van der Waals surface area contributed by atoms with E-state index in [9.17, 15) is 0 Å². The molecule has 2 saturated heterocycles. The van der Waals surface area contributed by atoms with Gasteiger partial charge >= 0.3 is 0 Å². The van der Waals surface area contributed by atoms with Gasteiger partial charge in [0.05, 0.1) is 0 Å². The Labute approximate surface area is 129 Å². The molecule has 3 heterocycles. The molecule has 0 bridgehead atoms. The minimum atomic E-state index is 0.596. The van der Waals surface area contributed by atoms with E-state index in [0.717, 1.165) is 0 Å². The normalized spacial score (nSPS) is 23.7. The molecule has 0 aromatic carbocycles. The minimum Gasteiger partial charge on any atom is -0.357 e. The smallest absolute Gasteiger partial charge is 0.128 e. The first-order valence-corrected chi connectivity index (χ1v) is 8.76. The lowest BCUT2D eigenvalue weighted by Gasteiger charge is -2.36. The van der Waals surface area contributed by atoms with Gasteiger partial charge < -0.3 is 4.90 Å². The summed E-state index contributed by atoms with van der Waals surface area (Å²) in [7, 11) is 0. The zero-order chi connectivity index (χ0) is 14.7. The van der Waals surface area contributed by atoms with Crippen molar-refractivity contribution in [2.45, 2.75) is 58.4 Å². The molecule has 21 heavy (non-hydrogen) atoms. The van der Waals surface area contributed by atoms with Crippen LogP contribution >= 0.6 is 0 Å². The summed E-state index contributed by atoms with van der Waals surface area (Å²) in [6, 6.07) is 5.21. The molecule has 1 aromatic rings. The standard InChI is InChI=1S/C18H29N3/c1-3-11-20-12-5-4-8-17(20)16-9-10-18(19-15(16)2)21-13-6-7-14-21/h9-10,17H,3-8,11-14H2,1-2H3. The second-order valence-electron chi connectivity index (χ2n) is 6.59. The molecular formula is C18H29N3. The summed E-state index contributed by atoms with van der Waals surface area (Å²) in [5.74, 6) is 1.19. The van der Waals surface area contributed by atoms with Gasteiger partial charge in [0.2, 0.25) is 0 Å². The summed E-state index contributed by atoms with van der Waals surface area (Å²) in [6.07, 6.45) is 7.89. The van der Waals surface area contributed by atoms with Crippen LogP contribution in [0.2, 0.25) is 0 Å². The van der Waals surface area contributed by atoms with Crippen LogP contribution in [-0.2, 0) is 0 Å². The van der Waals surface area contributed by atoms with Gasteiger partial charge in [-0.15, -0.1) is 0 Å². The number of nitrogens with zero attached hydrogens (tertiary/aromatic N) is 3. The van der Waals surface area contributed by atoms with E-state index < -0.39 is 0 Å². The summed E-state index contributed by atoms with van der Waals surface area (Å²) < 4.78 is 0. The van der Waals surface area contributed by atoms with Gasteiger partial charge in [-0.3, -0.25) is 4.90 Å². The van der Waals surface area contributed by atoms with Crippen LogP contribution in [0.5, 0.6) is 0 Å². The summed E-state index contributed by atoms with van der Waals surface area (Å²) in [4.78, 5) is 10.0. The molecule has 0 N–H and O–H groups in total. The largest absolute Gasteiger partial charge is 0.357 e. The Balaban J connectivity index is 1.80. The highest BCUT2D eigenvalue weighted by molar-refractivity contribution is 5.43. The molecule has 3 rings (SSSR count). The molecule has 1 atom stereocenters. The number of aryl methyl sites for hydroxylation is 1. The molecule has 1 unspecified atom stereocenters. The van der Waals surface area contributed by atoms with Gasteiger partial charge in [-0.05, 0) is 63.7 Å². The van der Waals surface area contributed by atoms with Gasteiger partial charge in [0.25, 0.3) is 0 Å². The molecule has 0 radical (unpaired) electrons. The molecule has 2 aliphatic rings. The molecule has 0 aliphatic carbocycles. The molecule has 2 aliphatic heterocycles. The number of anilines is 1. The van der Waals surface area contributed by atoms with Crippen LogP contribution in [0.1, 0.15) is 62.7 Å². The third-order valence-electron chi connectivity index (χ3n) is 5.03. The first-order chi connectivity index (χ1) is 10.3. The van der Waals surface area contributed by atoms with Crippen molar-refractivity contribution in [1.82, 2.24) is 9.88 Å². The fourth-order valence-electron chi connectivity index (χ4n) is 3.93. The van der Waals surface area contributed by atoms with E-state index in [1.54, 1.807) is 0 Å². The van der Waals surface area contributed by atoms with E-state index in [2.05, 4.69) is 35.8 Å². The number of piperidine rings is 1. The third kappa shape index (κ3) is 3.23. The van der Waals surface area contributed by atoms with Crippen molar-refractivity contribution in [3.05, 3.63) is 23.4 Å². The van der Waals surface area contributed by atoms with Crippen molar-refractivity contribution in [1.29, 1.82) is 0 Å². The van der Waals surface area contributed by atoms with Crippen molar-refractivity contribution in [2.24, 2.45) is 0 Å². The monoisotopic (exact) mass is 287 g/mol. The second-order valence-corrected chi connectivity index (χ2v) is 6.59. The van der Waals surface area contributed by atoms with Gasteiger partial charge in [-0.25, -0.2) is 4.98 Å². The van der Waals surface area contributed by atoms with Gasteiger partial charge in [0.1, 0.15) is 5.82 Å². The highest BCUT2D eigenvalue weighted by atomic mass is 15.2. The molecule has 3 heteroatoms. The molecule has 0 saturated carbocycles. The molecule has 0 amide bonds. The van der Waals surface area contributed by atoms with Gasteiger partial charge in [-0.2, -0.15) is 0 Å². The van der Waals surface area contributed by atoms with Crippen LogP contribution < -0.4 is 4.90 Å². The van der Waals surface area contributed by atoms with Crippen LogP contribution in [0.3, 0.4) is 0 Å². The fraction of sp³-hybridized carbons (Fsp3) is 0.722. The molecule has 3 nitrogen and oxygen atoms in total. The van der Waals surface area contributed by atoms with Crippen LogP contribution in [0.4, 0.5) is 5.82 Å². The topological polar surface area (TPSA) is 19.4 Å². The van der Waals surface area contributed by atoms with Gasteiger partial charge in [0, 0.05) is 24.8 Å². The predicted molar refractivity (Wildman–Crippen MR) is 88.9 cm³/mol. The predicted octanol–water partition coefficient (Wildman–Crippen LogP) is 3.93. The molecule has 0 spiro atoms. The molecular weight excluding hydrogens is 258 g/mol. The fourth-order valence-corrected chi connectivity index (χ4v) is 3.93. The van der Waals surface area contributed by atoms with E-state index >= 15 is 0 Å². The van der Waals surface area contributed by atoms with E-state index in [0.29, 0.717) is 6.04 Å². The van der Waals surface area contributed by atoms with E-state index in [-0.39, 0.29) is 0 Å². The van der Waals surface area contributed by atoms with Crippen molar-refractivity contribution in [2.75, 3.05) is 31.1 Å². The van der Waals surface area contributed by atoms with Crippen molar-refractivity contribution >= 4 is 5.82 Å². The zero-order valence-electron chi connectivity index (χ0n) is 13.6. The summed E-state index contributed by atoms with van der Waals surface area (Å²) >= 11 is 0. The molecule has 116 valence electrons. The Kier molecular flexibility index (Phi) is 4.79. The average molecular weight is 287 g/mol. The lowest BCUT2D eigenvalue weighted by Crippen LogP contribution is -2.34. The number of likely N-dealkylation sites (tertiary alicyclic amines) is 1. The van der Waals surface area contributed by atoms with E-state index in [1.165, 1.54) is 81.8 Å². The number of hydrogen-bond acceptors (Lipinski definition) is 3. The van der Waals surface area contributed by atoms with Crippen molar-refractivity contribution < 1.29 is 0 Å². The SMILES string of the molecule is CCCN1CCCCC1c1ccc(N2CCCC2)nc1C. The number of hydrogen-bond donors (Lipinski definition) is 0. The second kappa shape index (κ2) is 6.78. The lowest BCUT2D eigenvalue weighted by molar-refractivity contribution is 0.148. The van der Waals surface area contributed by atoms with E-state index in [1.807, 2.05) is 0 Å². The van der Waals surface area contributed by atoms with Crippen molar-refractivity contribution in [3.8, 4) is 0 Å². The summed E-state index contributed by atoms with van der Waals surface area (Å²) in [6.45, 7) is 9.32. The summed E-state index contributed by atoms with van der Waals surface area (Å²) in [5.41, 5.74) is 2.71. The van der Waals surface area contributed by atoms with Gasteiger partial charge in [0.15, 0.2) is 0 Å². The average Bonchev–Trinajstić information content (AvgIpc) is 3.03. The first-order valence-electron chi connectivity index (χ1n) is 8.76. The first kappa shape index (κ1) is 14.8. The number of rotatable bonds is 4. The Bertz CT molecular complexity index is 464. The quantitative estimate of drug-likeness (QED) is 0.836. The molecule has 2 fully saturated rings. The Morgan fingerprint density at radius 3 is 2.57 bits per heavy atom. The van der Waals surface area contributed by atoms with Crippen molar-refractivity contribution in [3.63, 3.8) is 0 Å².